The number of imidazole rings is 1. The Morgan fingerprint density at radius 3 is 2.47 bits per heavy atom. The number of aromatic amines is 1. The number of nitrogens with one attached hydrogen (secondary N) is 2. The van der Waals surface area contributed by atoms with Crippen molar-refractivity contribution in [3.8, 4) is 11.5 Å². The van der Waals surface area contributed by atoms with Gasteiger partial charge in [0.05, 0.1) is 32.2 Å². The Kier molecular flexibility index (Phi) is 6.53. The van der Waals surface area contributed by atoms with Gasteiger partial charge in [-0.25, -0.2) is 9.37 Å². The molecule has 10 heteroatoms. The Morgan fingerprint density at radius 1 is 1.18 bits per heavy atom. The van der Waals surface area contributed by atoms with Crippen molar-refractivity contribution in [1.29, 1.82) is 0 Å². The van der Waals surface area contributed by atoms with E-state index >= 15 is 0 Å². The molecule has 0 atom stereocenters. The van der Waals surface area contributed by atoms with Crippen LogP contribution in [0.2, 0.25) is 0 Å². The summed E-state index contributed by atoms with van der Waals surface area (Å²) in [6, 6.07) is 7.86. The molecule has 0 unspecified atom stereocenters. The summed E-state index contributed by atoms with van der Waals surface area (Å²) in [7, 11) is 1.08. The van der Waals surface area contributed by atoms with Crippen LogP contribution in [0.4, 0.5) is 4.39 Å². The van der Waals surface area contributed by atoms with Crippen LogP contribution in [0, 0.1) is 5.82 Å². The topological polar surface area (TPSA) is 117 Å². The number of halogens is 1. The lowest BCUT2D eigenvalue weighted by atomic mass is 9.78. The molecular weight excluding hydrogens is 440 g/mol. The molecule has 2 aromatic carbocycles. The zero-order chi connectivity index (χ0) is 24.4. The van der Waals surface area contributed by atoms with Gasteiger partial charge in [-0.15, -0.1) is 0 Å². The minimum atomic E-state index is -1.77. The third kappa shape index (κ3) is 4.33. The van der Waals surface area contributed by atoms with E-state index in [0.29, 0.717) is 16.8 Å². The van der Waals surface area contributed by atoms with Gasteiger partial charge in [0.25, 0.3) is 5.91 Å². The minimum Gasteiger partial charge on any atom is -0.497 e. The van der Waals surface area contributed by atoms with Crippen molar-refractivity contribution in [2.45, 2.75) is 6.92 Å². The number of benzene rings is 2. The molecule has 4 rings (SSSR count). The molecule has 1 aliphatic carbocycles. The number of methoxy groups -OCH3 is 2. The average molecular weight is 463 g/mol. The Labute approximate surface area is 195 Å². The van der Waals surface area contributed by atoms with E-state index in [0.717, 1.165) is 22.3 Å². The summed E-state index contributed by atoms with van der Waals surface area (Å²) in [6.07, 6.45) is 4.73. The Bertz CT molecular complexity index is 1280. The van der Waals surface area contributed by atoms with E-state index in [-0.39, 0.29) is 35.2 Å². The summed E-state index contributed by atoms with van der Waals surface area (Å²) in [6.45, 7) is 2.10. The first-order chi connectivity index (χ1) is 16.3. The standard InChI is InChI=1S/C24H23BFN3O5/c1-13-17(6-14-7-21(33-2)23(25(31)32)22(8-14)34-3)16-5-4-15(26)9-18(16)19(13)10-28-24(30)20-11-27-12-29-20/h4-9,11-12,31-32H,10H2,1-3H3,(H,27,29)(H,28,30)/b17-6-. The SMILES string of the molecule is COc1cc(/C=C2/C(C)=C(CNC(=O)c3cnc[nH]3)c3cc(F)ccc32)cc(OC)c1B(O)O. The van der Waals surface area contributed by atoms with Crippen LogP contribution in [0.1, 0.15) is 34.1 Å². The van der Waals surface area contributed by atoms with Crippen LogP contribution in [0.3, 0.4) is 0 Å². The molecule has 34 heavy (non-hydrogen) atoms. The summed E-state index contributed by atoms with van der Waals surface area (Å²) in [5.74, 6) is -0.185. The molecule has 3 aromatic rings. The fourth-order valence-electron chi connectivity index (χ4n) is 4.09. The highest BCUT2D eigenvalue weighted by atomic mass is 19.1. The quantitative estimate of drug-likeness (QED) is 0.399. The predicted octanol–water partition coefficient (Wildman–Crippen LogP) is 2.00. The monoisotopic (exact) mass is 463 g/mol. The van der Waals surface area contributed by atoms with E-state index in [2.05, 4.69) is 15.3 Å². The number of aromatic nitrogens is 2. The van der Waals surface area contributed by atoms with Gasteiger partial charge < -0.3 is 29.8 Å². The van der Waals surface area contributed by atoms with Crippen molar-refractivity contribution in [1.82, 2.24) is 15.3 Å². The van der Waals surface area contributed by atoms with E-state index in [1.54, 1.807) is 18.2 Å². The maximum Gasteiger partial charge on any atom is 0.496 e. The molecule has 0 saturated heterocycles. The van der Waals surface area contributed by atoms with Crippen molar-refractivity contribution in [2.24, 2.45) is 0 Å². The number of hydrogen-bond donors (Lipinski definition) is 4. The zero-order valence-corrected chi connectivity index (χ0v) is 18.8. The molecule has 1 aromatic heterocycles. The van der Waals surface area contributed by atoms with E-state index in [9.17, 15) is 19.2 Å². The van der Waals surface area contributed by atoms with Crippen molar-refractivity contribution in [3.63, 3.8) is 0 Å². The highest BCUT2D eigenvalue weighted by Gasteiger charge is 2.26. The molecule has 8 nitrogen and oxygen atoms in total. The number of H-pyrrole nitrogens is 1. The number of carbonyl (C=O) groups excluding carboxylic acids is 1. The lowest BCUT2D eigenvalue weighted by Gasteiger charge is -2.14. The van der Waals surface area contributed by atoms with Crippen LogP contribution in [0.15, 0.2) is 48.4 Å². The van der Waals surface area contributed by atoms with E-state index in [4.69, 9.17) is 9.47 Å². The number of hydrogen-bond acceptors (Lipinski definition) is 6. The molecule has 0 spiro atoms. The normalized spacial score (nSPS) is 13.8. The van der Waals surface area contributed by atoms with Crippen LogP contribution in [0.25, 0.3) is 17.2 Å². The summed E-state index contributed by atoms with van der Waals surface area (Å²) < 4.78 is 24.8. The molecule has 0 radical (unpaired) electrons. The number of carbonyl (C=O) groups is 1. The van der Waals surface area contributed by atoms with Gasteiger partial charge in [0.2, 0.25) is 0 Å². The van der Waals surface area contributed by atoms with Gasteiger partial charge in [0.15, 0.2) is 0 Å². The smallest absolute Gasteiger partial charge is 0.496 e. The lowest BCUT2D eigenvalue weighted by Crippen LogP contribution is -2.32. The fraction of sp³-hybridized carbons (Fsp3) is 0.167. The molecular formula is C24H23BFN3O5. The van der Waals surface area contributed by atoms with Crippen molar-refractivity contribution < 1.29 is 28.7 Å². The second kappa shape index (κ2) is 9.54. The third-order valence-corrected chi connectivity index (χ3v) is 5.76. The summed E-state index contributed by atoms with van der Waals surface area (Å²) in [5.41, 5.74) is 5.13. The fourth-order valence-corrected chi connectivity index (χ4v) is 4.09. The summed E-state index contributed by atoms with van der Waals surface area (Å²) >= 11 is 0. The number of ether oxygens (including phenoxy) is 2. The van der Waals surface area contributed by atoms with Gasteiger partial charge in [0, 0.05) is 6.54 Å². The molecule has 1 amide bonds. The summed E-state index contributed by atoms with van der Waals surface area (Å²) in [4.78, 5) is 19.0. The summed E-state index contributed by atoms with van der Waals surface area (Å²) in [5, 5.41) is 22.3. The third-order valence-electron chi connectivity index (χ3n) is 5.76. The number of fused-ring (bicyclic) bond motifs is 1. The maximum absolute atomic E-state index is 14.1. The predicted molar refractivity (Wildman–Crippen MR) is 127 cm³/mol. The van der Waals surface area contributed by atoms with E-state index < -0.39 is 7.12 Å². The van der Waals surface area contributed by atoms with Crippen LogP contribution in [-0.4, -0.2) is 53.8 Å². The van der Waals surface area contributed by atoms with E-state index in [1.165, 1.54) is 38.9 Å². The molecule has 0 fully saturated rings. The highest BCUT2D eigenvalue weighted by molar-refractivity contribution is 6.61. The molecule has 0 aliphatic heterocycles. The van der Waals surface area contributed by atoms with Gasteiger partial charge in [0.1, 0.15) is 23.0 Å². The van der Waals surface area contributed by atoms with Crippen molar-refractivity contribution in [3.05, 3.63) is 76.6 Å². The average Bonchev–Trinajstić information content (AvgIpc) is 3.44. The second-order valence-electron chi connectivity index (χ2n) is 7.71. The Hall–Kier alpha value is -3.89. The number of nitrogens with zero attached hydrogens (tertiary/aromatic N) is 1. The molecule has 174 valence electrons. The van der Waals surface area contributed by atoms with Gasteiger partial charge in [-0.05, 0) is 70.7 Å². The van der Waals surface area contributed by atoms with Gasteiger partial charge in [-0.3, -0.25) is 4.79 Å². The number of rotatable bonds is 7. The number of allylic oxidation sites excluding steroid dienone is 2. The lowest BCUT2D eigenvalue weighted by molar-refractivity contribution is 0.0954. The minimum absolute atomic E-state index is 0.121. The van der Waals surface area contributed by atoms with Gasteiger partial charge in [-0.2, -0.15) is 0 Å². The Morgan fingerprint density at radius 2 is 1.88 bits per heavy atom. The zero-order valence-electron chi connectivity index (χ0n) is 18.8. The largest absolute Gasteiger partial charge is 0.497 e. The molecule has 1 aliphatic rings. The van der Waals surface area contributed by atoms with Crippen LogP contribution in [-0.2, 0) is 0 Å². The molecule has 0 bridgehead atoms. The van der Waals surface area contributed by atoms with Gasteiger partial charge >= 0.3 is 7.12 Å². The van der Waals surface area contributed by atoms with E-state index in [1.807, 2.05) is 13.0 Å². The first-order valence-electron chi connectivity index (χ1n) is 10.4. The molecule has 1 heterocycles. The maximum atomic E-state index is 14.1. The number of amides is 1. The van der Waals surface area contributed by atoms with Crippen LogP contribution in [0.5, 0.6) is 11.5 Å². The van der Waals surface area contributed by atoms with Crippen molar-refractivity contribution >= 4 is 35.7 Å². The van der Waals surface area contributed by atoms with Gasteiger partial charge in [-0.1, -0.05) is 6.07 Å². The van der Waals surface area contributed by atoms with Crippen LogP contribution >= 0.6 is 0 Å². The van der Waals surface area contributed by atoms with Crippen molar-refractivity contribution in [2.75, 3.05) is 20.8 Å². The first kappa shape index (κ1) is 23.3. The first-order valence-corrected chi connectivity index (χ1v) is 10.4. The molecule has 0 saturated carbocycles. The highest BCUT2D eigenvalue weighted by Crippen LogP contribution is 2.42. The molecule has 4 N–H and O–H groups in total. The van der Waals surface area contributed by atoms with Crippen LogP contribution < -0.4 is 20.3 Å². The second-order valence-corrected chi connectivity index (χ2v) is 7.71. The Balaban J connectivity index is 1.76.